The maximum Gasteiger partial charge on any atom is 0.490 e. The SMILES string of the molecule is CC(C)C[C@H](C(=O)N[C@H]1C(=O)N[C@@H](CC(N)=O)C(=O)N[C@H]2C(=O)N[C@H]3C(=O)N[C@H](C(=O)N[C@H](C(=O)O)c4cc(O)cc(O)c4-c4cc3ccc4O)[C@H](O)c3ccc(c(Cl)c3)Oc3cc2cc(c3OC2OC(CO)C(O)C(O)C2OC2CC(C)(N)C(O)C(C)O2)Oc2ccc(cc2Cl)[C@H]1O)N(C)N=O.O=C(O)C(F)(F)F. The molecular weight excluding hydrogens is 1520 g/mol. The Balaban J connectivity index is 0.00000189. The Morgan fingerprint density at radius 3 is 1.85 bits per heavy atom. The number of fused-ring (bicyclic) bond motifs is 15. The number of carboxylic acids is 2. The predicted octanol–water partition coefficient (Wildman–Crippen LogP) is 1.13. The first kappa shape index (κ1) is 83.5. The van der Waals surface area contributed by atoms with Gasteiger partial charge in [-0.3, -0.25) is 38.6 Å². The van der Waals surface area contributed by atoms with E-state index in [2.05, 4.69) is 37.2 Å². The Labute approximate surface area is 629 Å². The number of amides is 7. The van der Waals surface area contributed by atoms with Crippen LogP contribution in [0.15, 0.2) is 84.1 Å². The highest BCUT2D eigenvalue weighted by atomic mass is 35.5. The number of likely N-dealkylation sites (N-methyl/N-ethyl adjacent to an activating group) is 1. The number of nitrogens with two attached hydrogens (primary N) is 2. The Morgan fingerprint density at radius 2 is 1.31 bits per heavy atom. The highest BCUT2D eigenvalue weighted by Crippen LogP contribution is 2.50. The number of phenols is 3. The van der Waals surface area contributed by atoms with E-state index >= 15 is 14.4 Å². The van der Waals surface area contributed by atoms with E-state index in [-0.39, 0.29) is 41.2 Å². The van der Waals surface area contributed by atoms with E-state index in [1.807, 2.05) is 0 Å². The number of halogens is 5. The Hall–Kier alpha value is -10.5. The number of phenolic OH excluding ortho intramolecular Hbond substituents is 3. The minimum Gasteiger partial charge on any atom is -0.508 e. The van der Waals surface area contributed by atoms with Crippen LogP contribution in [0.2, 0.25) is 10.0 Å². The molecule has 12 rings (SSSR count). The van der Waals surface area contributed by atoms with Gasteiger partial charge in [0.1, 0.15) is 95.5 Å². The van der Waals surface area contributed by atoms with E-state index in [9.17, 15) is 93.1 Å². The smallest absolute Gasteiger partial charge is 0.490 e. The minimum atomic E-state index is -5.08. The van der Waals surface area contributed by atoms with Crippen LogP contribution in [0.3, 0.4) is 0 Å². The number of primary amides is 1. The lowest BCUT2D eigenvalue weighted by molar-refractivity contribution is -0.333. The zero-order chi connectivity index (χ0) is 81.2. The molecular formula is C68H75Cl2F3N10O27. The maximum atomic E-state index is 16.0. The van der Waals surface area contributed by atoms with Gasteiger partial charge in [0.05, 0.1) is 40.6 Å². The summed E-state index contributed by atoms with van der Waals surface area (Å²) in [5.41, 5.74) is 7.79. The normalized spacial score (nSPS) is 27.9. The second-order valence-electron chi connectivity index (χ2n) is 26.8. The number of nitroso groups, excluding NO2 is 1. The summed E-state index contributed by atoms with van der Waals surface area (Å²) in [5, 5.41) is 138. The molecule has 0 saturated carbocycles. The van der Waals surface area contributed by atoms with E-state index in [0.29, 0.717) is 0 Å². The Bertz CT molecular complexity index is 4410. The number of alkyl halides is 3. The van der Waals surface area contributed by atoms with Crippen LogP contribution in [0.4, 0.5) is 13.2 Å². The minimum absolute atomic E-state index is 0.0486. The maximum absolute atomic E-state index is 16.0. The van der Waals surface area contributed by atoms with Gasteiger partial charge in [-0.25, -0.2) is 9.59 Å². The van der Waals surface area contributed by atoms with Gasteiger partial charge in [0.25, 0.3) is 0 Å². The van der Waals surface area contributed by atoms with E-state index in [0.717, 1.165) is 83.9 Å². The van der Waals surface area contributed by atoms with Crippen LogP contribution in [0.25, 0.3) is 11.1 Å². The van der Waals surface area contributed by atoms with Crippen molar-refractivity contribution in [1.82, 2.24) is 36.9 Å². The number of aliphatic hydroxyl groups excluding tert-OH is 6. The summed E-state index contributed by atoms with van der Waals surface area (Å²) in [7, 11) is 1.17. The predicted molar refractivity (Wildman–Crippen MR) is 367 cm³/mol. The average Bonchev–Trinajstić information content (AvgIpc) is 0.768. The molecule has 7 heterocycles. The number of hydrogen-bond acceptors (Lipinski definition) is 27. The monoisotopic (exact) mass is 1590 g/mol. The van der Waals surface area contributed by atoms with Gasteiger partial charge in [-0.15, -0.1) is 4.91 Å². The molecule has 594 valence electrons. The van der Waals surface area contributed by atoms with E-state index in [4.69, 9.17) is 73.0 Å². The van der Waals surface area contributed by atoms with Crippen molar-refractivity contribution in [2.45, 2.75) is 162 Å². The summed E-state index contributed by atoms with van der Waals surface area (Å²) in [6, 6.07) is -1.72. The molecule has 2 fully saturated rings. The molecule has 37 nitrogen and oxygen atoms in total. The largest absolute Gasteiger partial charge is 0.508 e. The lowest BCUT2D eigenvalue weighted by Gasteiger charge is -2.47. The summed E-state index contributed by atoms with van der Waals surface area (Å²) >= 11 is 14.1. The molecule has 0 spiro atoms. The number of carboxylic acid groups (broad SMARTS) is 2. The van der Waals surface area contributed by atoms with Crippen molar-refractivity contribution < 1.29 is 141 Å². The van der Waals surface area contributed by atoms with E-state index < -0.39 is 254 Å². The zero-order valence-corrected chi connectivity index (χ0v) is 59.6. The fourth-order valence-electron chi connectivity index (χ4n) is 12.6. The van der Waals surface area contributed by atoms with Gasteiger partial charge in [-0.1, -0.05) is 55.2 Å². The number of carbonyl (C=O) groups is 9. The third-order valence-corrected chi connectivity index (χ3v) is 18.8. The number of rotatable bonds is 14. The number of aliphatic hydroxyl groups is 6. The summed E-state index contributed by atoms with van der Waals surface area (Å²) in [6.45, 7) is 5.40. The lowest BCUT2D eigenvalue weighted by atomic mass is 9.86. The fraction of sp³-hybridized carbons (Fsp3) is 0.426. The third kappa shape index (κ3) is 18.5. The summed E-state index contributed by atoms with van der Waals surface area (Å²) in [4.78, 5) is 138. The highest BCUT2D eigenvalue weighted by Gasteiger charge is 2.52. The van der Waals surface area contributed by atoms with Crippen LogP contribution >= 0.6 is 23.2 Å². The Kier molecular flexibility index (Phi) is 25.7. The number of nitrogens with zero attached hydrogens (tertiary/aromatic N) is 2. The van der Waals surface area contributed by atoms with Gasteiger partial charge in [0.15, 0.2) is 29.9 Å². The standard InChI is InChI=1S/C66H74Cl2N10O25.C2HF3O2/c1-23(2)12-35(78(5)77-97)59(90)75-49-51(84)26-7-10-38(32(67)14-26)99-40-16-28-17-41(55(40)103-65-56(54(87)53(86)42(22-79)101-65)102-44-21-66(4,70)57(88)24(3)98-44)100-39-11-8-27(15-33(39)68)52(85)50-63(94)74-48(64(95)96)31-18-29(80)19-37(82)45(31)30-13-25(6-9-36(30)81)46(60(91)76-50)73-61(92)47(28)72-58(89)34(20-43(69)83)71-62(49)93;3-2(4,5)1(6)7/h6-11,13-19,23-24,34-35,42,44,46-54,56-57,65,79-82,84-88H,12,20-22,70H2,1-5H3,(H2,69,83)(H,71,93)(H,72,89)(H,73,92)(H,74,94)(H,75,90)(H,76,91)(H,95,96);(H,6,7)/t24?,34-,35+,42?,44?,46+,47+,48-,49+,50-,51+,52+,53?,54?,56?,57?,65?,66?;/m0./s1. The van der Waals surface area contributed by atoms with Gasteiger partial charge in [0.2, 0.25) is 53.4 Å². The second kappa shape index (κ2) is 33.8. The first-order chi connectivity index (χ1) is 51.5. The van der Waals surface area contributed by atoms with Crippen molar-refractivity contribution in [1.29, 1.82) is 0 Å². The summed E-state index contributed by atoms with van der Waals surface area (Å²) in [6.07, 6.45) is -24.2. The van der Waals surface area contributed by atoms with Crippen LogP contribution in [0.1, 0.15) is 105 Å². The molecule has 18 atom stereocenters. The molecule has 5 aromatic rings. The van der Waals surface area contributed by atoms with E-state index in [1.165, 1.54) is 20.9 Å². The van der Waals surface area contributed by atoms with Crippen LogP contribution in [-0.2, 0) is 57.4 Å². The molecule has 110 heavy (non-hydrogen) atoms. The summed E-state index contributed by atoms with van der Waals surface area (Å²) < 4.78 is 70.0. The molecule has 7 amide bonds. The van der Waals surface area contributed by atoms with Gasteiger partial charge in [0, 0.05) is 41.8 Å². The molecule has 0 aromatic heterocycles. The van der Waals surface area contributed by atoms with Crippen LogP contribution < -0.4 is 57.6 Å². The lowest BCUT2D eigenvalue weighted by Crippen LogP contribution is -2.64. The molecule has 9 unspecified atom stereocenters. The molecule has 21 N–H and O–H groups in total. The van der Waals surface area contributed by atoms with Gasteiger partial charge >= 0.3 is 18.1 Å². The number of benzene rings is 5. The van der Waals surface area contributed by atoms with Crippen molar-refractivity contribution in [3.05, 3.63) is 122 Å². The number of nitrogens with one attached hydrogen (secondary N) is 6. The van der Waals surface area contributed by atoms with Crippen LogP contribution in [0, 0.1) is 10.8 Å². The summed E-state index contributed by atoms with van der Waals surface area (Å²) in [5.74, 6) is -19.6. The van der Waals surface area contributed by atoms with Gasteiger partial charge in [-0.2, -0.15) is 13.2 Å². The highest BCUT2D eigenvalue weighted by molar-refractivity contribution is 6.32. The molecule has 11 bridgehead atoms. The molecule has 0 radical (unpaired) electrons. The Morgan fingerprint density at radius 1 is 0.736 bits per heavy atom. The number of carbonyl (C=O) groups excluding carboxylic acids is 7. The van der Waals surface area contributed by atoms with Crippen molar-refractivity contribution in [3.8, 4) is 57.1 Å². The van der Waals surface area contributed by atoms with Crippen molar-refractivity contribution in [2.75, 3.05) is 13.7 Å². The number of hydrogen-bond donors (Lipinski definition) is 19. The zero-order valence-electron chi connectivity index (χ0n) is 58.1. The quantitative estimate of drug-likeness (QED) is 0.0547. The number of ether oxygens (including phenoxy) is 6. The van der Waals surface area contributed by atoms with Gasteiger partial charge < -0.3 is 128 Å². The topological polar surface area (TPSA) is 588 Å². The van der Waals surface area contributed by atoms with E-state index in [1.54, 1.807) is 13.8 Å². The first-order valence-corrected chi connectivity index (χ1v) is 33.9. The molecule has 0 aliphatic carbocycles. The van der Waals surface area contributed by atoms with Crippen LogP contribution in [-0.4, -0.2) is 213 Å². The third-order valence-electron chi connectivity index (χ3n) is 18.2. The molecule has 5 aromatic carbocycles. The first-order valence-electron chi connectivity index (χ1n) is 33.2. The van der Waals surface area contributed by atoms with Crippen molar-refractivity contribution in [2.24, 2.45) is 22.7 Å². The fourth-order valence-corrected chi connectivity index (χ4v) is 13.0. The number of aromatic hydroxyl groups is 3. The molecule has 7 aliphatic heterocycles. The average molecular weight is 1590 g/mol. The second-order valence-corrected chi connectivity index (χ2v) is 27.7. The van der Waals surface area contributed by atoms with Crippen LogP contribution in [0.5, 0.6) is 46.0 Å². The molecule has 7 aliphatic rings. The molecule has 2 saturated heterocycles. The molecule has 42 heteroatoms. The number of aliphatic carboxylic acids is 2. The van der Waals surface area contributed by atoms with Crippen molar-refractivity contribution in [3.63, 3.8) is 0 Å². The van der Waals surface area contributed by atoms with Crippen molar-refractivity contribution >= 4 is 76.5 Å². The van der Waals surface area contributed by atoms with Gasteiger partial charge in [-0.05, 0) is 103 Å².